The minimum Gasteiger partial charge on any atom is -0.395 e. The van der Waals surface area contributed by atoms with Crippen molar-refractivity contribution in [3.63, 3.8) is 0 Å². The van der Waals surface area contributed by atoms with Crippen molar-refractivity contribution in [3.05, 3.63) is 36.0 Å². The average Bonchev–Trinajstić information content (AvgIpc) is 2.67. The van der Waals surface area contributed by atoms with Crippen molar-refractivity contribution in [3.8, 4) is 0 Å². The van der Waals surface area contributed by atoms with E-state index in [4.69, 9.17) is 5.11 Å². The number of hydrogen-bond acceptors (Lipinski definition) is 5. The lowest BCUT2D eigenvalue weighted by atomic mass is 10.2. The maximum absolute atomic E-state index is 12.0. The Morgan fingerprint density at radius 2 is 1.89 bits per heavy atom. The van der Waals surface area contributed by atoms with Crippen LogP contribution in [0.25, 0.3) is 0 Å². The number of rotatable bonds is 5. The number of aliphatic hydroxyl groups is 1. The van der Waals surface area contributed by atoms with E-state index < -0.39 is 11.8 Å². The average molecular weight is 261 g/mol. The maximum atomic E-state index is 12.0. The summed E-state index contributed by atoms with van der Waals surface area (Å²) in [6, 6.07) is 7.36. The maximum Gasteiger partial charge on any atom is 0.277 e. The molecule has 0 saturated carbocycles. The summed E-state index contributed by atoms with van der Waals surface area (Å²) in [5.74, 6) is -0.839. The molecule has 100 valence electrons. The molecule has 0 aromatic heterocycles. The zero-order chi connectivity index (χ0) is 13.8. The van der Waals surface area contributed by atoms with Crippen LogP contribution in [0.4, 0.5) is 11.4 Å². The van der Waals surface area contributed by atoms with Gasteiger partial charge in [0.05, 0.1) is 24.5 Å². The third-order valence-corrected chi connectivity index (χ3v) is 2.80. The van der Waals surface area contributed by atoms with Crippen LogP contribution in [0.1, 0.15) is 0 Å². The molecule has 1 aliphatic rings. The number of nitrogens with zero attached hydrogens (tertiary/aromatic N) is 1. The number of carbonyl (C=O) groups excluding carboxylic acids is 2. The summed E-state index contributed by atoms with van der Waals surface area (Å²) in [6.45, 7) is -0.237. The van der Waals surface area contributed by atoms with Crippen molar-refractivity contribution < 1.29 is 14.7 Å². The molecule has 0 fully saturated rings. The molecule has 3 N–H and O–H groups in total. The van der Waals surface area contributed by atoms with E-state index in [1.807, 2.05) is 18.2 Å². The topological polar surface area (TPSA) is 81.7 Å². The van der Waals surface area contributed by atoms with E-state index in [2.05, 4.69) is 10.6 Å². The van der Waals surface area contributed by atoms with E-state index in [0.29, 0.717) is 5.69 Å². The highest BCUT2D eigenvalue weighted by molar-refractivity contribution is 6.17. The van der Waals surface area contributed by atoms with Gasteiger partial charge >= 0.3 is 0 Å². The summed E-state index contributed by atoms with van der Waals surface area (Å²) in [7, 11) is 1.77. The summed E-state index contributed by atoms with van der Waals surface area (Å²) >= 11 is 0. The molecule has 0 aliphatic carbocycles. The van der Waals surface area contributed by atoms with Crippen molar-refractivity contribution >= 4 is 23.2 Å². The zero-order valence-electron chi connectivity index (χ0n) is 10.5. The molecule has 0 bridgehead atoms. The van der Waals surface area contributed by atoms with Crippen LogP contribution in [0.2, 0.25) is 0 Å². The van der Waals surface area contributed by atoms with Gasteiger partial charge in [-0.25, -0.2) is 0 Å². The fourth-order valence-electron chi connectivity index (χ4n) is 1.87. The Hall–Kier alpha value is -2.34. The predicted molar refractivity (Wildman–Crippen MR) is 71.5 cm³/mol. The van der Waals surface area contributed by atoms with E-state index in [1.54, 1.807) is 13.1 Å². The summed E-state index contributed by atoms with van der Waals surface area (Å²) in [6.07, 6.45) is 1.24. The van der Waals surface area contributed by atoms with Crippen molar-refractivity contribution in [1.29, 1.82) is 0 Å². The third kappa shape index (κ3) is 2.58. The SMILES string of the molecule is CNc1ccccc1NC1=CC(=O)N(CCO)C1=O. The van der Waals surface area contributed by atoms with E-state index in [9.17, 15) is 9.59 Å². The van der Waals surface area contributed by atoms with E-state index in [0.717, 1.165) is 10.6 Å². The van der Waals surface area contributed by atoms with Gasteiger partial charge in [0.1, 0.15) is 5.70 Å². The van der Waals surface area contributed by atoms with Gasteiger partial charge in [0.15, 0.2) is 0 Å². The largest absolute Gasteiger partial charge is 0.395 e. The summed E-state index contributed by atoms with van der Waals surface area (Å²) in [5, 5.41) is 14.7. The molecule has 2 amide bonds. The van der Waals surface area contributed by atoms with Gasteiger partial charge in [0.25, 0.3) is 11.8 Å². The van der Waals surface area contributed by atoms with Crippen LogP contribution in [0, 0.1) is 0 Å². The van der Waals surface area contributed by atoms with Crippen LogP contribution < -0.4 is 10.6 Å². The molecule has 0 atom stereocenters. The molecule has 2 rings (SSSR count). The highest BCUT2D eigenvalue weighted by Gasteiger charge is 2.30. The minimum absolute atomic E-state index is 0.00697. The Balaban J connectivity index is 2.18. The van der Waals surface area contributed by atoms with Gasteiger partial charge in [-0.3, -0.25) is 14.5 Å². The molecule has 1 aromatic carbocycles. The Morgan fingerprint density at radius 3 is 2.53 bits per heavy atom. The molecule has 0 spiro atoms. The fourth-order valence-corrected chi connectivity index (χ4v) is 1.87. The van der Waals surface area contributed by atoms with Gasteiger partial charge in [-0.2, -0.15) is 0 Å². The molecular weight excluding hydrogens is 246 g/mol. The van der Waals surface area contributed by atoms with Crippen LogP contribution in [-0.2, 0) is 9.59 Å². The van der Waals surface area contributed by atoms with E-state index in [-0.39, 0.29) is 18.8 Å². The molecule has 6 heteroatoms. The lowest BCUT2D eigenvalue weighted by molar-refractivity contribution is -0.137. The Kier molecular flexibility index (Phi) is 3.82. The number of imide groups is 1. The molecule has 0 saturated heterocycles. The molecular formula is C13H15N3O3. The molecule has 1 aromatic rings. The summed E-state index contributed by atoms with van der Waals surface area (Å²) < 4.78 is 0. The second-order valence-electron chi connectivity index (χ2n) is 4.00. The van der Waals surface area contributed by atoms with Crippen molar-refractivity contribution in [1.82, 2.24) is 4.90 Å². The van der Waals surface area contributed by atoms with Crippen molar-refractivity contribution in [2.45, 2.75) is 0 Å². The first-order valence-electron chi connectivity index (χ1n) is 5.89. The number of para-hydroxylation sites is 2. The van der Waals surface area contributed by atoms with E-state index in [1.165, 1.54) is 6.08 Å². The molecule has 19 heavy (non-hydrogen) atoms. The van der Waals surface area contributed by atoms with E-state index >= 15 is 0 Å². The predicted octanol–water partition coefficient (Wildman–Crippen LogP) is 0.385. The lowest BCUT2D eigenvalue weighted by Gasteiger charge is -2.14. The number of carbonyl (C=O) groups is 2. The second-order valence-corrected chi connectivity index (χ2v) is 4.00. The Labute approximate surface area is 110 Å². The number of β-amino-alcohol motifs (C(OH)–C–C–N with tert-alkyl or cyclic N) is 1. The number of amides is 2. The number of anilines is 2. The van der Waals surface area contributed by atoms with Gasteiger partial charge in [-0.1, -0.05) is 12.1 Å². The number of aliphatic hydroxyl groups excluding tert-OH is 1. The fraction of sp³-hybridized carbons (Fsp3) is 0.231. The minimum atomic E-state index is -0.426. The third-order valence-electron chi connectivity index (χ3n) is 2.80. The first-order chi connectivity index (χ1) is 9.17. The zero-order valence-corrected chi connectivity index (χ0v) is 10.5. The molecule has 0 unspecified atom stereocenters. The van der Waals surface area contributed by atoms with Crippen LogP contribution in [0.15, 0.2) is 36.0 Å². The smallest absolute Gasteiger partial charge is 0.277 e. The summed E-state index contributed by atoms with van der Waals surface area (Å²) in [5.41, 5.74) is 1.74. The van der Waals surface area contributed by atoms with Crippen LogP contribution in [-0.4, -0.2) is 42.0 Å². The lowest BCUT2D eigenvalue weighted by Crippen LogP contribution is -2.34. The Morgan fingerprint density at radius 1 is 1.21 bits per heavy atom. The normalized spacial score (nSPS) is 14.6. The highest BCUT2D eigenvalue weighted by Crippen LogP contribution is 2.24. The number of nitrogens with one attached hydrogen (secondary N) is 2. The second kappa shape index (κ2) is 5.53. The van der Waals surface area contributed by atoms with Crippen LogP contribution in [0.3, 0.4) is 0 Å². The number of benzene rings is 1. The standard InChI is InChI=1S/C13H15N3O3/c1-14-9-4-2-3-5-10(9)15-11-8-12(18)16(6-7-17)13(11)19/h2-5,8,14-15,17H,6-7H2,1H3. The number of hydrogen-bond donors (Lipinski definition) is 3. The van der Waals surface area contributed by atoms with Gasteiger partial charge in [-0.05, 0) is 12.1 Å². The quantitative estimate of drug-likeness (QED) is 0.668. The first kappa shape index (κ1) is 13.1. The van der Waals surface area contributed by atoms with Crippen molar-refractivity contribution in [2.75, 3.05) is 30.8 Å². The van der Waals surface area contributed by atoms with Gasteiger partial charge in [0.2, 0.25) is 0 Å². The van der Waals surface area contributed by atoms with Gasteiger partial charge in [-0.15, -0.1) is 0 Å². The molecule has 1 aliphatic heterocycles. The first-order valence-corrected chi connectivity index (χ1v) is 5.89. The molecule has 0 radical (unpaired) electrons. The monoisotopic (exact) mass is 261 g/mol. The van der Waals surface area contributed by atoms with Crippen LogP contribution >= 0.6 is 0 Å². The Bertz CT molecular complexity index is 540. The van der Waals surface area contributed by atoms with Crippen molar-refractivity contribution in [2.24, 2.45) is 0 Å². The van der Waals surface area contributed by atoms with Gasteiger partial charge < -0.3 is 15.7 Å². The highest BCUT2D eigenvalue weighted by atomic mass is 16.3. The van der Waals surface area contributed by atoms with Gasteiger partial charge in [0, 0.05) is 13.1 Å². The summed E-state index contributed by atoms with van der Waals surface area (Å²) in [4.78, 5) is 24.5. The molecule has 1 heterocycles. The van der Waals surface area contributed by atoms with Crippen LogP contribution in [0.5, 0.6) is 0 Å². The molecule has 6 nitrogen and oxygen atoms in total.